The first-order chi connectivity index (χ1) is 2.94. The van der Waals surface area contributed by atoms with Gasteiger partial charge < -0.3 is 5.11 Å². The Morgan fingerprint density at radius 3 is 1.20 bits per heavy atom. The van der Waals surface area contributed by atoms with E-state index in [4.69, 9.17) is 5.11 Å². The van der Waals surface area contributed by atoms with Gasteiger partial charge in [-0.1, -0.05) is 22.3 Å². The van der Waals surface area contributed by atoms with Gasteiger partial charge in [0.15, 0.2) is 0 Å². The Balaban J connectivity index is -0.0000000600. The van der Waals surface area contributed by atoms with Crippen LogP contribution in [-0.4, -0.2) is 11.1 Å². The van der Waals surface area contributed by atoms with E-state index < -0.39 is 11.4 Å². The summed E-state index contributed by atoms with van der Waals surface area (Å²) >= 11 is 0. The summed E-state index contributed by atoms with van der Waals surface area (Å²) in [5.74, 6) is -0.757. The molecule has 0 rings (SSSR count). The fourth-order valence-electron chi connectivity index (χ4n) is 0. The van der Waals surface area contributed by atoms with Gasteiger partial charge in [-0.25, -0.2) is 0 Å². The third-order valence-electron chi connectivity index (χ3n) is 0.642. The molecule has 66 valence electrons. The molecule has 0 aliphatic carbocycles. The molecule has 0 unspecified atom stereocenters. The number of rotatable bonds is 0. The first kappa shape index (κ1) is 22.7. The zero-order chi connectivity index (χ0) is 6.08. The molecule has 0 aliphatic rings. The van der Waals surface area contributed by atoms with Gasteiger partial charge >= 0.3 is 5.97 Å². The van der Waals surface area contributed by atoms with E-state index in [1.54, 1.807) is 20.8 Å². The molecule has 0 amide bonds. The van der Waals surface area contributed by atoms with Crippen molar-refractivity contribution < 1.29 is 9.90 Å². The van der Waals surface area contributed by atoms with E-state index in [1.807, 2.05) is 0 Å². The topological polar surface area (TPSA) is 37.3 Å². The number of carboxylic acid groups (broad SMARTS) is 1. The Labute approximate surface area is 65.3 Å². The summed E-state index contributed by atoms with van der Waals surface area (Å²) in [6.07, 6.45) is 0. The van der Waals surface area contributed by atoms with Crippen LogP contribution in [0.4, 0.5) is 0 Å². The highest BCUT2D eigenvalue weighted by Gasteiger charge is 2.18. The molecule has 10 heavy (non-hydrogen) atoms. The summed E-state index contributed by atoms with van der Waals surface area (Å²) in [5, 5.41) is 8.25. The second kappa shape index (κ2) is 6.59. The quantitative estimate of drug-likeness (QED) is 0.576. The predicted octanol–water partition coefficient (Wildman–Crippen LogP) is 3.03. The zero-order valence-corrected chi connectivity index (χ0v) is 4.86. The van der Waals surface area contributed by atoms with Crippen LogP contribution in [0.25, 0.3) is 0 Å². The molecule has 0 fully saturated rings. The van der Waals surface area contributed by atoms with Gasteiger partial charge in [0, 0.05) is 0 Å². The lowest BCUT2D eigenvalue weighted by molar-refractivity contribution is -0.145. The number of carboxylic acids is 1. The Bertz CT molecular complexity index is 79.7. The van der Waals surface area contributed by atoms with Crippen LogP contribution in [0.15, 0.2) is 0 Å². The molecule has 2 heteroatoms. The Hall–Kier alpha value is -0.530. The van der Waals surface area contributed by atoms with Crippen LogP contribution in [-0.2, 0) is 4.79 Å². The van der Waals surface area contributed by atoms with Crippen molar-refractivity contribution in [1.29, 1.82) is 0 Å². The molecule has 0 heterocycles. The van der Waals surface area contributed by atoms with E-state index in [-0.39, 0.29) is 22.3 Å². The van der Waals surface area contributed by atoms with Gasteiger partial charge in [0.25, 0.3) is 0 Å². The zero-order valence-electron chi connectivity index (χ0n) is 4.86. The highest BCUT2D eigenvalue weighted by molar-refractivity contribution is 5.72. The molecule has 0 aromatic carbocycles. The highest BCUT2D eigenvalue weighted by atomic mass is 16.4. The first-order valence-electron chi connectivity index (χ1n) is 2.18. The van der Waals surface area contributed by atoms with Gasteiger partial charge in [0.2, 0.25) is 0 Å². The van der Waals surface area contributed by atoms with E-state index in [0.717, 1.165) is 0 Å². The molecule has 0 bridgehead atoms. The molecular weight excluding hydrogens is 128 g/mol. The van der Waals surface area contributed by atoms with Crippen molar-refractivity contribution in [1.82, 2.24) is 0 Å². The summed E-state index contributed by atoms with van der Waals surface area (Å²) in [4.78, 5) is 10.0. The Morgan fingerprint density at radius 1 is 1.10 bits per heavy atom. The molecule has 0 atom stereocenters. The van der Waals surface area contributed by atoms with Gasteiger partial charge in [0.1, 0.15) is 0 Å². The highest BCUT2D eigenvalue weighted by Crippen LogP contribution is 2.11. The summed E-state index contributed by atoms with van der Waals surface area (Å²) in [7, 11) is 0. The maximum Gasteiger partial charge on any atom is 0.308 e. The summed E-state index contributed by atoms with van der Waals surface area (Å²) in [5.41, 5.74) is -0.583. The average molecular weight is 150 g/mol. The number of hydrogen-bond donors (Lipinski definition) is 1. The van der Waals surface area contributed by atoms with Crippen molar-refractivity contribution in [3.63, 3.8) is 0 Å². The van der Waals surface area contributed by atoms with Crippen molar-refractivity contribution in [3.05, 3.63) is 0 Å². The minimum atomic E-state index is -0.757. The lowest BCUT2D eigenvalue weighted by Crippen LogP contribution is -2.18. The molecule has 0 saturated heterocycles. The van der Waals surface area contributed by atoms with Crippen molar-refractivity contribution in [3.8, 4) is 0 Å². The molecule has 0 aromatic rings. The van der Waals surface area contributed by atoms with Crippen LogP contribution in [0, 0.1) is 5.41 Å². The van der Waals surface area contributed by atoms with Crippen LogP contribution >= 0.6 is 0 Å². The minimum absolute atomic E-state index is 0. The lowest BCUT2D eigenvalue weighted by Gasteiger charge is -2.08. The average Bonchev–Trinajstić information content (AvgIpc) is 1.31. The summed E-state index contributed by atoms with van der Waals surface area (Å²) in [6.45, 7) is 4.99. The van der Waals surface area contributed by atoms with Crippen molar-refractivity contribution in [2.45, 2.75) is 43.1 Å². The van der Waals surface area contributed by atoms with E-state index in [1.165, 1.54) is 0 Å². The van der Waals surface area contributed by atoms with E-state index in [9.17, 15) is 4.79 Å². The van der Waals surface area contributed by atoms with E-state index >= 15 is 0 Å². The van der Waals surface area contributed by atoms with E-state index in [2.05, 4.69) is 0 Å². The fourth-order valence-corrected chi connectivity index (χ4v) is 0. The standard InChI is InChI=1S/C5H10O2.3CH4/c1-5(2,3)4(6)7;;;/h1-3H3,(H,6,7);3*1H4. The SMILES string of the molecule is C.C.C.CC(C)(C)C(=O)O. The second-order valence-corrected chi connectivity index (χ2v) is 2.56. The third-order valence-corrected chi connectivity index (χ3v) is 0.642. The molecule has 0 spiro atoms. The number of carbonyl (C=O) groups is 1. The smallest absolute Gasteiger partial charge is 0.308 e. The van der Waals surface area contributed by atoms with Crippen LogP contribution in [0.1, 0.15) is 43.1 Å². The molecule has 0 aliphatic heterocycles. The second-order valence-electron chi connectivity index (χ2n) is 2.56. The number of aliphatic carboxylic acids is 1. The van der Waals surface area contributed by atoms with Crippen molar-refractivity contribution >= 4 is 5.97 Å². The van der Waals surface area contributed by atoms with Crippen molar-refractivity contribution in [2.24, 2.45) is 5.41 Å². The minimum Gasteiger partial charge on any atom is -0.481 e. The van der Waals surface area contributed by atoms with Crippen LogP contribution in [0.3, 0.4) is 0 Å². The maximum atomic E-state index is 10.0. The van der Waals surface area contributed by atoms with Gasteiger partial charge in [0.05, 0.1) is 5.41 Å². The fraction of sp³-hybridized carbons (Fsp3) is 0.875. The molecule has 0 radical (unpaired) electrons. The Morgan fingerprint density at radius 2 is 1.20 bits per heavy atom. The third kappa shape index (κ3) is 10.5. The molecule has 2 nitrogen and oxygen atoms in total. The molecular formula is C8H22O2. The van der Waals surface area contributed by atoms with Gasteiger partial charge in [-0.05, 0) is 20.8 Å². The summed E-state index contributed by atoms with van der Waals surface area (Å²) < 4.78 is 0. The largest absolute Gasteiger partial charge is 0.481 e. The lowest BCUT2D eigenvalue weighted by atomic mass is 9.98. The van der Waals surface area contributed by atoms with Gasteiger partial charge in [-0.2, -0.15) is 0 Å². The van der Waals surface area contributed by atoms with Crippen LogP contribution in [0.5, 0.6) is 0 Å². The molecule has 1 N–H and O–H groups in total. The van der Waals surface area contributed by atoms with Crippen LogP contribution < -0.4 is 0 Å². The normalized spacial score (nSPS) is 7.90. The maximum absolute atomic E-state index is 10.0. The van der Waals surface area contributed by atoms with Crippen molar-refractivity contribution in [2.75, 3.05) is 0 Å². The number of hydrogen-bond acceptors (Lipinski definition) is 1. The molecule has 0 saturated carbocycles. The monoisotopic (exact) mass is 150 g/mol. The van der Waals surface area contributed by atoms with E-state index in [0.29, 0.717) is 0 Å². The Kier molecular flexibility index (Phi) is 15.0. The van der Waals surface area contributed by atoms with Gasteiger partial charge in [-0.3, -0.25) is 4.79 Å². The first-order valence-corrected chi connectivity index (χ1v) is 2.18. The van der Waals surface area contributed by atoms with Gasteiger partial charge in [-0.15, -0.1) is 0 Å². The molecule has 0 aromatic heterocycles. The van der Waals surface area contributed by atoms with Crippen LogP contribution in [0.2, 0.25) is 0 Å². The predicted molar refractivity (Wildman–Crippen MR) is 47.3 cm³/mol. The summed E-state index contributed by atoms with van der Waals surface area (Å²) in [6, 6.07) is 0.